The molecule has 7 nitrogen and oxygen atoms in total. The zero-order chi connectivity index (χ0) is 25.5. The fourth-order valence-corrected chi connectivity index (χ4v) is 8.79. The molecule has 8 heteroatoms. The van der Waals surface area contributed by atoms with Gasteiger partial charge in [0.05, 0.1) is 23.2 Å². The first-order valence-corrected chi connectivity index (χ1v) is 13.0. The van der Waals surface area contributed by atoms with E-state index in [1.807, 2.05) is 4.90 Å². The van der Waals surface area contributed by atoms with Crippen LogP contribution in [-0.2, 0) is 19.1 Å². The van der Waals surface area contributed by atoms with Gasteiger partial charge in [-0.3, -0.25) is 14.4 Å². The van der Waals surface area contributed by atoms with Gasteiger partial charge in [-0.1, -0.05) is 39.5 Å². The van der Waals surface area contributed by atoms with E-state index in [9.17, 15) is 19.5 Å². The molecule has 3 rings (SSSR count). The number of carbonyl (C=O) groups excluding carboxylic acids is 3. The molecule has 0 radical (unpaired) electrons. The maximum atomic E-state index is 14.3. The molecule has 2 amide bonds. The van der Waals surface area contributed by atoms with Gasteiger partial charge in [0.15, 0.2) is 0 Å². The van der Waals surface area contributed by atoms with Crippen LogP contribution in [0.4, 0.5) is 0 Å². The Morgan fingerprint density at radius 3 is 2.50 bits per heavy atom. The summed E-state index contributed by atoms with van der Waals surface area (Å²) in [5.41, 5.74) is -0.489. The number of amides is 2. The van der Waals surface area contributed by atoms with Crippen LogP contribution in [0.2, 0.25) is 0 Å². The summed E-state index contributed by atoms with van der Waals surface area (Å²) in [6, 6.07) is -0.733. The van der Waals surface area contributed by atoms with E-state index in [1.165, 1.54) is 11.0 Å². The average molecular weight is 493 g/mol. The van der Waals surface area contributed by atoms with Crippen molar-refractivity contribution in [1.29, 1.82) is 0 Å². The summed E-state index contributed by atoms with van der Waals surface area (Å²) in [4.78, 5) is 44.4. The Kier molecular flexibility index (Phi) is 7.63. The summed E-state index contributed by atoms with van der Waals surface area (Å²) in [6.07, 6.45) is 5.44. The smallest absolute Gasteiger partial charge is 0.311 e. The molecular weight excluding hydrogens is 452 g/mol. The topological polar surface area (TPSA) is 87.1 Å². The first-order valence-electron chi connectivity index (χ1n) is 12.1. The van der Waals surface area contributed by atoms with Gasteiger partial charge in [0, 0.05) is 23.9 Å². The Morgan fingerprint density at radius 2 is 1.94 bits per heavy atom. The first kappa shape index (κ1) is 26.8. The fourth-order valence-electron chi connectivity index (χ4n) is 6.59. The van der Waals surface area contributed by atoms with Crippen molar-refractivity contribution in [3.05, 3.63) is 25.3 Å². The van der Waals surface area contributed by atoms with Crippen molar-refractivity contribution in [1.82, 2.24) is 9.80 Å². The van der Waals surface area contributed by atoms with Gasteiger partial charge in [0.2, 0.25) is 11.8 Å². The Bertz CT molecular complexity index is 851. The molecule has 3 fully saturated rings. The molecule has 2 bridgehead atoms. The van der Waals surface area contributed by atoms with Crippen LogP contribution >= 0.6 is 11.8 Å². The minimum Gasteiger partial charge on any atom is -0.461 e. The Labute approximate surface area is 208 Å². The third-order valence-electron chi connectivity index (χ3n) is 7.26. The highest BCUT2D eigenvalue weighted by Crippen LogP contribution is 2.66. The number of β-amino-alcohol motifs (C(OH)–C–C–N with tert-alkyl or cyclic N) is 1. The lowest BCUT2D eigenvalue weighted by atomic mass is 9.71. The van der Waals surface area contributed by atoms with Crippen molar-refractivity contribution in [3.8, 4) is 0 Å². The van der Waals surface area contributed by atoms with Gasteiger partial charge >= 0.3 is 5.97 Å². The van der Waals surface area contributed by atoms with Crippen molar-refractivity contribution >= 4 is 29.5 Å². The van der Waals surface area contributed by atoms with E-state index < -0.39 is 34.1 Å². The minimum atomic E-state index is -0.733. The largest absolute Gasteiger partial charge is 0.461 e. The van der Waals surface area contributed by atoms with E-state index in [2.05, 4.69) is 47.8 Å². The van der Waals surface area contributed by atoms with Crippen molar-refractivity contribution < 1.29 is 24.2 Å². The molecule has 3 aliphatic heterocycles. The van der Waals surface area contributed by atoms with E-state index >= 15 is 0 Å². The van der Waals surface area contributed by atoms with E-state index in [0.29, 0.717) is 13.0 Å². The number of fused-ring (bicyclic) bond motifs is 1. The monoisotopic (exact) mass is 492 g/mol. The van der Waals surface area contributed by atoms with Gasteiger partial charge in [0.1, 0.15) is 12.6 Å². The summed E-state index contributed by atoms with van der Waals surface area (Å²) < 4.78 is 4.68. The van der Waals surface area contributed by atoms with E-state index in [1.54, 1.807) is 17.8 Å². The second-order valence-corrected chi connectivity index (χ2v) is 13.1. The molecule has 3 saturated heterocycles. The zero-order valence-electron chi connectivity index (χ0n) is 21.2. The van der Waals surface area contributed by atoms with Gasteiger partial charge in [-0.25, -0.2) is 0 Å². The van der Waals surface area contributed by atoms with Crippen molar-refractivity contribution in [3.63, 3.8) is 0 Å². The number of rotatable bonds is 10. The van der Waals surface area contributed by atoms with Crippen LogP contribution in [-0.4, -0.2) is 80.6 Å². The van der Waals surface area contributed by atoms with E-state index in [0.717, 1.165) is 12.8 Å². The number of likely N-dealkylation sites (tertiary alicyclic amines) is 1. The highest BCUT2D eigenvalue weighted by Gasteiger charge is 2.74. The quantitative estimate of drug-likeness (QED) is 0.373. The lowest BCUT2D eigenvalue weighted by Crippen LogP contribution is -2.60. The van der Waals surface area contributed by atoms with Gasteiger partial charge < -0.3 is 19.6 Å². The number of carbonyl (C=O) groups is 3. The zero-order valence-corrected chi connectivity index (χ0v) is 22.0. The van der Waals surface area contributed by atoms with E-state index in [-0.39, 0.29) is 42.2 Å². The third-order valence-corrected chi connectivity index (χ3v) is 9.21. The Hall–Kier alpha value is -1.80. The number of hydrogen-bond acceptors (Lipinski definition) is 6. The van der Waals surface area contributed by atoms with Crippen LogP contribution in [0.1, 0.15) is 53.9 Å². The van der Waals surface area contributed by atoms with Gasteiger partial charge in [0.25, 0.3) is 0 Å². The van der Waals surface area contributed by atoms with Crippen LogP contribution < -0.4 is 0 Å². The summed E-state index contributed by atoms with van der Waals surface area (Å²) in [5.74, 6) is -1.96. The van der Waals surface area contributed by atoms with Crippen LogP contribution in [0.15, 0.2) is 25.3 Å². The predicted molar refractivity (Wildman–Crippen MR) is 134 cm³/mol. The highest BCUT2D eigenvalue weighted by molar-refractivity contribution is 8.02. The fraction of sp³-hybridized carbons (Fsp3) is 0.731. The van der Waals surface area contributed by atoms with Crippen molar-refractivity contribution in [2.45, 2.75) is 75.5 Å². The van der Waals surface area contributed by atoms with Crippen molar-refractivity contribution in [2.75, 3.05) is 26.3 Å². The maximum absolute atomic E-state index is 14.3. The first-order chi connectivity index (χ1) is 15.8. The lowest BCUT2D eigenvalue weighted by molar-refractivity contribution is -0.153. The molecule has 0 aromatic heterocycles. The van der Waals surface area contributed by atoms with Gasteiger partial charge in [-0.2, -0.15) is 0 Å². The summed E-state index contributed by atoms with van der Waals surface area (Å²) in [6.45, 7) is 18.3. The van der Waals surface area contributed by atoms with Crippen LogP contribution in [0.3, 0.4) is 0 Å². The molecule has 34 heavy (non-hydrogen) atoms. The Morgan fingerprint density at radius 1 is 1.26 bits per heavy atom. The van der Waals surface area contributed by atoms with Gasteiger partial charge in [-0.15, -0.1) is 18.3 Å². The number of esters is 1. The Balaban J connectivity index is 2.03. The highest BCUT2D eigenvalue weighted by atomic mass is 32.2. The molecule has 0 aromatic carbocycles. The molecule has 3 heterocycles. The maximum Gasteiger partial charge on any atom is 0.311 e. The number of aliphatic hydroxyl groups excluding tert-OH is 1. The SMILES string of the molecule is C=CCOC(=O)[C@@H]1[C@H]2C(=O)N(CCO)C(C(=O)N(CC=C)C(C)(C)CC(C)(C)C)C23CC[C@H]1S3. The second kappa shape index (κ2) is 9.69. The van der Waals surface area contributed by atoms with Crippen LogP contribution in [0.25, 0.3) is 0 Å². The standard InChI is InChI=1S/C26H40N2O5S/c1-8-12-28(25(6,7)16-24(3,4)5)22(31)20-26-11-10-17(34-26)18(23(32)33-15-9-2)19(26)21(30)27(20)13-14-29/h8-9,17-20,29H,1-2,10-16H2,3-7H3/t17-,18+,19+,20?,26?/m1/s1. The molecule has 2 unspecified atom stereocenters. The molecule has 0 saturated carbocycles. The van der Waals surface area contributed by atoms with Gasteiger partial charge in [-0.05, 0) is 38.5 Å². The summed E-state index contributed by atoms with van der Waals surface area (Å²) in [5, 5.41) is 9.73. The molecular formula is C26H40N2O5S. The molecule has 1 N–H and O–H groups in total. The molecule has 0 aliphatic carbocycles. The minimum absolute atomic E-state index is 0.0130. The lowest BCUT2D eigenvalue weighted by Gasteiger charge is -2.46. The molecule has 3 aliphatic rings. The molecule has 0 aromatic rings. The number of thioether (sulfide) groups is 1. The normalized spacial score (nSPS) is 30.3. The van der Waals surface area contributed by atoms with Crippen LogP contribution in [0.5, 0.6) is 0 Å². The number of aliphatic hydroxyl groups is 1. The number of ether oxygens (including phenoxy) is 1. The number of hydrogen-bond donors (Lipinski definition) is 1. The third kappa shape index (κ3) is 4.55. The molecule has 1 spiro atoms. The molecule has 190 valence electrons. The number of nitrogens with zero attached hydrogens (tertiary/aromatic N) is 2. The van der Waals surface area contributed by atoms with Crippen LogP contribution in [0, 0.1) is 17.3 Å². The predicted octanol–water partition coefficient (Wildman–Crippen LogP) is 3.03. The van der Waals surface area contributed by atoms with E-state index in [4.69, 9.17) is 4.74 Å². The van der Waals surface area contributed by atoms with Crippen molar-refractivity contribution in [2.24, 2.45) is 17.3 Å². The average Bonchev–Trinajstić information content (AvgIpc) is 3.36. The second-order valence-electron chi connectivity index (χ2n) is 11.5. The summed E-state index contributed by atoms with van der Waals surface area (Å²) >= 11 is 1.60. The summed E-state index contributed by atoms with van der Waals surface area (Å²) in [7, 11) is 0. The molecule has 5 atom stereocenters.